The van der Waals surface area contributed by atoms with Crippen LogP contribution in [0.4, 0.5) is 17.6 Å². The molecule has 0 saturated carbocycles. The first kappa shape index (κ1) is 26.8. The van der Waals surface area contributed by atoms with Gasteiger partial charge >= 0.3 is 6.18 Å². The van der Waals surface area contributed by atoms with Crippen LogP contribution in [0.3, 0.4) is 0 Å². The molecule has 0 amide bonds. The van der Waals surface area contributed by atoms with Crippen molar-refractivity contribution < 1.29 is 22.3 Å². The first-order chi connectivity index (χ1) is 18.9. The van der Waals surface area contributed by atoms with Gasteiger partial charge in [-0.15, -0.1) is 0 Å². The lowest BCUT2D eigenvalue weighted by atomic mass is 9.96. The summed E-state index contributed by atoms with van der Waals surface area (Å²) < 4.78 is 59.4. The van der Waals surface area contributed by atoms with Gasteiger partial charge in [-0.2, -0.15) is 18.2 Å². The van der Waals surface area contributed by atoms with E-state index in [2.05, 4.69) is 68.3 Å². The summed E-state index contributed by atoms with van der Waals surface area (Å²) in [5.74, 6) is -0.828. The molecule has 1 aliphatic heterocycles. The Morgan fingerprint density at radius 3 is 1.92 bits per heavy atom. The van der Waals surface area contributed by atoms with Crippen LogP contribution in [-0.2, 0) is 6.18 Å². The first-order valence-corrected chi connectivity index (χ1v) is 12.8. The first-order valence-electron chi connectivity index (χ1n) is 12.8. The fourth-order valence-electron chi connectivity index (χ4n) is 4.78. The van der Waals surface area contributed by atoms with Crippen molar-refractivity contribution in [2.75, 3.05) is 39.3 Å². The molecule has 4 aromatic rings. The van der Waals surface area contributed by atoms with Gasteiger partial charge in [0.25, 0.3) is 0 Å². The smallest absolute Gasteiger partial charge is 0.433 e. The van der Waals surface area contributed by atoms with Crippen molar-refractivity contribution in [3.05, 3.63) is 114 Å². The van der Waals surface area contributed by atoms with E-state index in [4.69, 9.17) is 4.74 Å². The summed E-state index contributed by atoms with van der Waals surface area (Å²) in [6.07, 6.45) is -4.67. The Kier molecular flexibility index (Phi) is 8.18. The maximum atomic E-state index is 13.5. The van der Waals surface area contributed by atoms with E-state index in [9.17, 15) is 17.6 Å². The Morgan fingerprint density at radius 1 is 0.769 bits per heavy atom. The van der Waals surface area contributed by atoms with Crippen LogP contribution >= 0.6 is 0 Å². The average molecular weight is 537 g/mol. The van der Waals surface area contributed by atoms with E-state index in [0.717, 1.165) is 44.4 Å². The van der Waals surface area contributed by atoms with Crippen LogP contribution in [0.2, 0.25) is 0 Å². The van der Waals surface area contributed by atoms with Gasteiger partial charge in [0.15, 0.2) is 11.5 Å². The SMILES string of the molecule is Fc1ccc(-c2nc(OCCN3CCN(C(c4ccccc4)c4ccccc4)CC3)cc(C(F)(F)F)n2)cc1. The lowest BCUT2D eigenvalue weighted by Gasteiger charge is -2.39. The summed E-state index contributed by atoms with van der Waals surface area (Å²) in [7, 11) is 0. The topological polar surface area (TPSA) is 41.5 Å². The molecule has 0 spiro atoms. The van der Waals surface area contributed by atoms with Gasteiger partial charge < -0.3 is 4.74 Å². The van der Waals surface area contributed by atoms with Crippen molar-refractivity contribution in [1.82, 2.24) is 19.8 Å². The number of hydrogen-bond acceptors (Lipinski definition) is 5. The van der Waals surface area contributed by atoms with Crippen LogP contribution in [-0.4, -0.2) is 59.1 Å². The zero-order valence-electron chi connectivity index (χ0n) is 21.2. The number of halogens is 4. The molecule has 0 aliphatic carbocycles. The van der Waals surface area contributed by atoms with E-state index in [1.54, 1.807) is 0 Å². The second-order valence-corrected chi connectivity index (χ2v) is 9.37. The normalized spacial score (nSPS) is 15.0. The number of rotatable bonds is 8. The van der Waals surface area contributed by atoms with E-state index in [1.165, 1.54) is 23.3 Å². The minimum Gasteiger partial charge on any atom is -0.476 e. The molecule has 0 radical (unpaired) electrons. The van der Waals surface area contributed by atoms with E-state index >= 15 is 0 Å². The highest BCUT2D eigenvalue weighted by atomic mass is 19.4. The molecule has 9 heteroatoms. The van der Waals surface area contributed by atoms with Gasteiger partial charge in [-0.25, -0.2) is 9.37 Å². The fraction of sp³-hybridized carbons (Fsp3) is 0.267. The van der Waals surface area contributed by atoms with Crippen LogP contribution in [0.25, 0.3) is 11.4 Å². The molecule has 1 aromatic heterocycles. The summed E-state index contributed by atoms with van der Waals surface area (Å²) >= 11 is 0. The Hall–Kier alpha value is -3.82. The average Bonchev–Trinajstić information content (AvgIpc) is 2.95. The lowest BCUT2D eigenvalue weighted by molar-refractivity contribution is -0.141. The number of aromatic nitrogens is 2. The van der Waals surface area contributed by atoms with E-state index < -0.39 is 17.7 Å². The van der Waals surface area contributed by atoms with Crippen molar-refractivity contribution >= 4 is 0 Å². The molecular weight excluding hydrogens is 508 g/mol. The standard InChI is InChI=1S/C30H28F4N4O/c31-25-13-11-24(12-14-25)29-35-26(30(32,33)34)21-27(36-29)39-20-19-37-15-17-38(18-16-37)28(22-7-3-1-4-8-22)23-9-5-2-6-10-23/h1-14,21,28H,15-20H2. The van der Waals surface area contributed by atoms with Gasteiger partial charge in [0, 0.05) is 44.4 Å². The Bertz CT molecular complexity index is 1300. The number of piperazine rings is 1. The Morgan fingerprint density at radius 2 is 1.36 bits per heavy atom. The van der Waals surface area contributed by atoms with Crippen LogP contribution in [0.5, 0.6) is 5.88 Å². The number of benzene rings is 3. The molecule has 1 saturated heterocycles. The molecule has 39 heavy (non-hydrogen) atoms. The number of ether oxygens (including phenoxy) is 1. The van der Waals surface area contributed by atoms with Crippen molar-refractivity contribution in [3.63, 3.8) is 0 Å². The number of alkyl halides is 3. The third kappa shape index (κ3) is 6.79. The molecule has 0 unspecified atom stereocenters. The Balaban J connectivity index is 1.22. The van der Waals surface area contributed by atoms with Gasteiger partial charge in [0.05, 0.1) is 6.04 Å². The third-order valence-corrected chi connectivity index (χ3v) is 6.76. The van der Waals surface area contributed by atoms with E-state index in [0.29, 0.717) is 6.54 Å². The molecule has 5 rings (SSSR count). The van der Waals surface area contributed by atoms with Gasteiger partial charge in [0.2, 0.25) is 5.88 Å². The molecule has 1 aliphatic rings. The molecule has 0 atom stereocenters. The number of nitrogens with zero attached hydrogens (tertiary/aromatic N) is 4. The van der Waals surface area contributed by atoms with E-state index in [1.807, 2.05) is 12.1 Å². The molecule has 0 N–H and O–H groups in total. The third-order valence-electron chi connectivity index (χ3n) is 6.76. The van der Waals surface area contributed by atoms with Gasteiger partial charge in [-0.1, -0.05) is 60.7 Å². The minimum atomic E-state index is -4.67. The van der Waals surface area contributed by atoms with Crippen LogP contribution in [0, 0.1) is 5.82 Å². The summed E-state index contributed by atoms with van der Waals surface area (Å²) in [5.41, 5.74) is 1.64. The molecule has 3 aromatic carbocycles. The largest absolute Gasteiger partial charge is 0.476 e. The highest BCUT2D eigenvalue weighted by Gasteiger charge is 2.34. The van der Waals surface area contributed by atoms with Crippen LogP contribution in [0.1, 0.15) is 22.9 Å². The van der Waals surface area contributed by atoms with Gasteiger partial charge in [0.1, 0.15) is 12.4 Å². The Labute approximate surface area is 224 Å². The summed E-state index contributed by atoms with van der Waals surface area (Å²) in [4.78, 5) is 12.5. The molecule has 202 valence electrons. The fourth-order valence-corrected chi connectivity index (χ4v) is 4.78. The van der Waals surface area contributed by atoms with E-state index in [-0.39, 0.29) is 29.9 Å². The predicted octanol–water partition coefficient (Wildman–Crippen LogP) is 6.09. The maximum Gasteiger partial charge on any atom is 0.433 e. The second-order valence-electron chi connectivity index (χ2n) is 9.37. The monoisotopic (exact) mass is 536 g/mol. The zero-order chi connectivity index (χ0) is 27.2. The lowest BCUT2D eigenvalue weighted by Crippen LogP contribution is -2.48. The van der Waals surface area contributed by atoms with Crippen molar-refractivity contribution in [2.24, 2.45) is 0 Å². The second kappa shape index (κ2) is 11.9. The van der Waals surface area contributed by atoms with Crippen LogP contribution in [0.15, 0.2) is 91.0 Å². The van der Waals surface area contributed by atoms with Crippen molar-refractivity contribution in [2.45, 2.75) is 12.2 Å². The molecule has 2 heterocycles. The van der Waals surface area contributed by atoms with Gasteiger partial charge in [-0.05, 0) is 35.4 Å². The maximum absolute atomic E-state index is 13.5. The van der Waals surface area contributed by atoms with Crippen molar-refractivity contribution in [1.29, 1.82) is 0 Å². The zero-order valence-corrected chi connectivity index (χ0v) is 21.2. The summed E-state index contributed by atoms with van der Waals surface area (Å²) in [6.45, 7) is 4.02. The number of hydrogen-bond donors (Lipinski definition) is 0. The van der Waals surface area contributed by atoms with Crippen LogP contribution < -0.4 is 4.74 Å². The molecule has 1 fully saturated rings. The quantitative estimate of drug-likeness (QED) is 0.255. The highest BCUT2D eigenvalue weighted by molar-refractivity contribution is 5.55. The molecular formula is C30H28F4N4O. The van der Waals surface area contributed by atoms with Gasteiger partial charge in [-0.3, -0.25) is 9.80 Å². The molecule has 5 nitrogen and oxygen atoms in total. The predicted molar refractivity (Wildman–Crippen MR) is 141 cm³/mol. The van der Waals surface area contributed by atoms with Crippen molar-refractivity contribution in [3.8, 4) is 17.3 Å². The summed E-state index contributed by atoms with van der Waals surface area (Å²) in [6, 6.07) is 26.8. The molecule has 0 bridgehead atoms. The summed E-state index contributed by atoms with van der Waals surface area (Å²) in [5, 5.41) is 0. The minimum absolute atomic E-state index is 0.150. The highest BCUT2D eigenvalue weighted by Crippen LogP contribution is 2.32.